The third-order valence-electron chi connectivity index (χ3n) is 2.99. The second kappa shape index (κ2) is 4.73. The minimum atomic E-state index is -0.559. The van der Waals surface area contributed by atoms with Crippen LogP contribution in [0.15, 0.2) is 15.9 Å². The number of nitrogens with two attached hydrogens (primary N) is 1. The highest BCUT2D eigenvalue weighted by molar-refractivity contribution is 8.01. The average Bonchev–Trinajstić information content (AvgIpc) is 2.97. The van der Waals surface area contributed by atoms with Gasteiger partial charge in [0, 0.05) is 17.3 Å². The third-order valence-corrected chi connectivity index (χ3v) is 5.15. The van der Waals surface area contributed by atoms with Gasteiger partial charge in [0.05, 0.1) is 0 Å². The Kier molecular flexibility index (Phi) is 3.51. The Bertz CT molecular complexity index is 364. The van der Waals surface area contributed by atoms with Gasteiger partial charge in [-0.2, -0.15) is 0 Å². The number of hydrogen-bond acceptors (Lipinski definition) is 5. The van der Waals surface area contributed by atoms with E-state index in [4.69, 9.17) is 5.73 Å². The van der Waals surface area contributed by atoms with Crippen molar-refractivity contribution in [2.75, 3.05) is 12.8 Å². The molecule has 1 atom stereocenters. The lowest BCUT2D eigenvalue weighted by Crippen LogP contribution is -2.57. The summed E-state index contributed by atoms with van der Waals surface area (Å²) in [5.41, 5.74) is 4.97. The molecule has 1 heterocycles. The highest BCUT2D eigenvalue weighted by atomic mass is 32.2. The molecular weight excluding hydrogens is 242 g/mol. The van der Waals surface area contributed by atoms with Crippen LogP contribution < -0.4 is 11.1 Å². The van der Waals surface area contributed by atoms with Crippen LogP contribution in [0.3, 0.4) is 0 Å². The number of aromatic nitrogens is 1. The van der Waals surface area contributed by atoms with Gasteiger partial charge in [0.15, 0.2) is 0 Å². The van der Waals surface area contributed by atoms with Crippen LogP contribution >= 0.6 is 23.1 Å². The van der Waals surface area contributed by atoms with E-state index >= 15 is 0 Å². The van der Waals surface area contributed by atoms with Gasteiger partial charge in [-0.1, -0.05) is 11.8 Å². The van der Waals surface area contributed by atoms with Gasteiger partial charge >= 0.3 is 0 Å². The zero-order valence-electron chi connectivity index (χ0n) is 9.10. The van der Waals surface area contributed by atoms with Gasteiger partial charge < -0.3 is 11.1 Å². The predicted octanol–water partition coefficient (Wildman–Crippen LogP) is 1.09. The van der Waals surface area contributed by atoms with Gasteiger partial charge in [0.2, 0.25) is 5.91 Å². The molecule has 4 nitrogen and oxygen atoms in total. The van der Waals surface area contributed by atoms with E-state index in [1.165, 1.54) is 0 Å². The smallest absolute Gasteiger partial charge is 0.238 e. The fraction of sp³-hybridized carbons (Fsp3) is 0.600. The molecule has 6 heteroatoms. The monoisotopic (exact) mass is 257 g/mol. The molecular formula is C10H15N3OS2. The quantitative estimate of drug-likeness (QED) is 0.749. The predicted molar refractivity (Wildman–Crippen MR) is 66.5 cm³/mol. The van der Waals surface area contributed by atoms with Crippen LogP contribution in [0, 0.1) is 5.92 Å². The first kappa shape index (κ1) is 11.9. The van der Waals surface area contributed by atoms with Gasteiger partial charge in [0.25, 0.3) is 0 Å². The Morgan fingerprint density at radius 3 is 3.00 bits per heavy atom. The molecule has 1 aliphatic rings. The Morgan fingerprint density at radius 1 is 1.81 bits per heavy atom. The number of rotatable bonds is 6. The summed E-state index contributed by atoms with van der Waals surface area (Å²) < 4.78 is 0.988. The number of nitrogens with zero attached hydrogens (tertiary/aromatic N) is 1. The average molecular weight is 257 g/mol. The van der Waals surface area contributed by atoms with Crippen LogP contribution in [0.4, 0.5) is 0 Å². The minimum absolute atomic E-state index is 0.249. The number of nitrogens with one attached hydrogen (secondary N) is 1. The molecule has 0 radical (unpaired) electrons. The zero-order chi connectivity index (χ0) is 11.6. The van der Waals surface area contributed by atoms with Crippen molar-refractivity contribution in [3.05, 3.63) is 11.6 Å². The first-order chi connectivity index (χ1) is 7.69. The Balaban J connectivity index is 2.04. The molecule has 0 aromatic carbocycles. The van der Waals surface area contributed by atoms with E-state index < -0.39 is 5.54 Å². The Labute approximate surface area is 103 Å². The summed E-state index contributed by atoms with van der Waals surface area (Å²) in [7, 11) is 1.81. The number of thiazole rings is 1. The molecule has 1 aromatic rings. The summed E-state index contributed by atoms with van der Waals surface area (Å²) >= 11 is 3.19. The first-order valence-electron chi connectivity index (χ1n) is 5.20. The third kappa shape index (κ3) is 2.23. The number of carbonyl (C=O) groups is 1. The van der Waals surface area contributed by atoms with Crippen LogP contribution in [-0.2, 0) is 4.79 Å². The van der Waals surface area contributed by atoms with Crippen LogP contribution in [-0.4, -0.2) is 29.2 Å². The van der Waals surface area contributed by atoms with E-state index in [2.05, 4.69) is 10.3 Å². The number of likely N-dealkylation sites (N-methyl/N-ethyl adjacent to an activating group) is 1. The van der Waals surface area contributed by atoms with E-state index in [0.717, 1.165) is 17.2 Å². The topological polar surface area (TPSA) is 68.0 Å². The maximum atomic E-state index is 11.6. The van der Waals surface area contributed by atoms with Crippen molar-refractivity contribution in [2.45, 2.75) is 22.7 Å². The number of amides is 1. The lowest BCUT2D eigenvalue weighted by atomic mass is 9.95. The lowest BCUT2D eigenvalue weighted by Gasteiger charge is -2.29. The minimum Gasteiger partial charge on any atom is -0.368 e. The van der Waals surface area contributed by atoms with Crippen LogP contribution in [0.25, 0.3) is 0 Å². The molecule has 1 unspecified atom stereocenters. The van der Waals surface area contributed by atoms with Crippen molar-refractivity contribution in [3.8, 4) is 0 Å². The summed E-state index contributed by atoms with van der Waals surface area (Å²) in [4.78, 5) is 15.8. The number of carbonyl (C=O) groups excluding carboxylic acids is 1. The second-order valence-electron chi connectivity index (χ2n) is 3.95. The second-order valence-corrected chi connectivity index (χ2v) is 6.06. The maximum absolute atomic E-state index is 11.6. The normalized spacial score (nSPS) is 19.3. The number of primary amides is 1. The van der Waals surface area contributed by atoms with Gasteiger partial charge in [0.1, 0.15) is 9.88 Å². The van der Waals surface area contributed by atoms with Crippen LogP contribution in [0.2, 0.25) is 0 Å². The molecule has 2 rings (SSSR count). The highest BCUT2D eigenvalue weighted by Gasteiger charge is 2.48. The van der Waals surface area contributed by atoms with Crippen molar-refractivity contribution < 1.29 is 4.79 Å². The molecule has 0 saturated heterocycles. The van der Waals surface area contributed by atoms with Gasteiger partial charge in [-0.3, -0.25) is 4.79 Å². The van der Waals surface area contributed by atoms with Crippen molar-refractivity contribution in [1.82, 2.24) is 10.3 Å². The summed E-state index contributed by atoms with van der Waals surface area (Å²) in [6.07, 6.45) is 3.94. The van der Waals surface area contributed by atoms with Gasteiger partial charge in [-0.25, -0.2) is 4.98 Å². The van der Waals surface area contributed by atoms with E-state index in [0.29, 0.717) is 11.7 Å². The van der Waals surface area contributed by atoms with Crippen molar-refractivity contribution in [2.24, 2.45) is 11.7 Å². The zero-order valence-corrected chi connectivity index (χ0v) is 10.7. The van der Waals surface area contributed by atoms with Crippen molar-refractivity contribution in [3.63, 3.8) is 0 Å². The molecule has 0 bridgehead atoms. The van der Waals surface area contributed by atoms with E-state index in [1.807, 2.05) is 12.4 Å². The van der Waals surface area contributed by atoms with Crippen LogP contribution in [0.5, 0.6) is 0 Å². The summed E-state index contributed by atoms with van der Waals surface area (Å²) in [5, 5.41) is 5.06. The molecule has 88 valence electrons. The first-order valence-corrected chi connectivity index (χ1v) is 7.06. The van der Waals surface area contributed by atoms with E-state index in [-0.39, 0.29) is 5.91 Å². The molecule has 1 aliphatic carbocycles. The van der Waals surface area contributed by atoms with Gasteiger partial charge in [-0.05, 0) is 25.8 Å². The van der Waals surface area contributed by atoms with Crippen molar-refractivity contribution in [1.29, 1.82) is 0 Å². The summed E-state index contributed by atoms with van der Waals surface area (Å²) in [6, 6.07) is 0. The standard InChI is InChI=1S/C10H15N3OS2/c1-12-10(8(11)14,7-2-3-7)6-16-9-13-4-5-15-9/h4-5,7,12H,2-3,6H2,1H3,(H2,11,14). The highest BCUT2D eigenvalue weighted by Crippen LogP contribution is 2.42. The Hall–Kier alpha value is -0.590. The molecule has 1 saturated carbocycles. The summed E-state index contributed by atoms with van der Waals surface area (Å²) in [6.45, 7) is 0. The molecule has 1 fully saturated rings. The molecule has 3 N–H and O–H groups in total. The molecule has 0 spiro atoms. The Morgan fingerprint density at radius 2 is 2.56 bits per heavy atom. The molecule has 16 heavy (non-hydrogen) atoms. The van der Waals surface area contributed by atoms with Gasteiger partial charge in [-0.15, -0.1) is 11.3 Å². The fourth-order valence-corrected chi connectivity index (χ4v) is 3.81. The van der Waals surface area contributed by atoms with E-state index in [1.54, 1.807) is 29.3 Å². The fourth-order valence-electron chi connectivity index (χ4n) is 1.82. The van der Waals surface area contributed by atoms with Crippen LogP contribution in [0.1, 0.15) is 12.8 Å². The molecule has 1 amide bonds. The lowest BCUT2D eigenvalue weighted by molar-refractivity contribution is -0.124. The number of thioether (sulfide) groups is 1. The molecule has 1 aromatic heterocycles. The SMILES string of the molecule is CNC(CSc1nccs1)(C(N)=O)C1CC1. The molecule has 0 aliphatic heterocycles. The maximum Gasteiger partial charge on any atom is 0.238 e. The summed E-state index contributed by atoms with van der Waals surface area (Å²) in [5.74, 6) is 0.806. The number of hydrogen-bond donors (Lipinski definition) is 2. The largest absolute Gasteiger partial charge is 0.368 e. The van der Waals surface area contributed by atoms with E-state index in [9.17, 15) is 4.79 Å². The van der Waals surface area contributed by atoms with Crippen molar-refractivity contribution >= 4 is 29.0 Å².